The molecule has 112 valence electrons. The Morgan fingerprint density at radius 2 is 2.05 bits per heavy atom. The number of hydrogen-bond donors (Lipinski definition) is 2. The predicted octanol–water partition coefficient (Wildman–Crippen LogP) is 3.52. The Bertz CT molecular complexity index is 445. The molecule has 0 bridgehead atoms. The number of halogens is 3. The Hall–Kier alpha value is -1.43. The molecule has 2 rings (SSSR count). The molecule has 1 aromatic carbocycles. The van der Waals surface area contributed by atoms with Gasteiger partial charge in [-0.1, -0.05) is 0 Å². The van der Waals surface area contributed by atoms with E-state index in [1.807, 2.05) is 0 Å². The van der Waals surface area contributed by atoms with Gasteiger partial charge in [-0.15, -0.1) is 0 Å². The summed E-state index contributed by atoms with van der Waals surface area (Å²) in [4.78, 5) is 0. The highest BCUT2D eigenvalue weighted by molar-refractivity contribution is 5.67. The molecule has 0 radical (unpaired) electrons. The highest BCUT2D eigenvalue weighted by atomic mass is 19.4. The molecule has 3 nitrogen and oxygen atoms in total. The highest BCUT2D eigenvalue weighted by Gasteiger charge is 2.30. The number of hydrogen-bond acceptors (Lipinski definition) is 3. The van der Waals surface area contributed by atoms with Crippen LogP contribution in [0.3, 0.4) is 0 Å². The van der Waals surface area contributed by atoms with Gasteiger partial charge < -0.3 is 15.8 Å². The summed E-state index contributed by atoms with van der Waals surface area (Å²) in [7, 11) is 0. The van der Waals surface area contributed by atoms with Crippen LogP contribution >= 0.6 is 0 Å². The summed E-state index contributed by atoms with van der Waals surface area (Å²) in [6.07, 6.45) is -1.03. The van der Waals surface area contributed by atoms with E-state index in [1.165, 1.54) is 18.9 Å². The highest BCUT2D eigenvalue weighted by Crippen LogP contribution is 2.32. The number of rotatable bonds is 7. The topological polar surface area (TPSA) is 47.3 Å². The van der Waals surface area contributed by atoms with Crippen molar-refractivity contribution in [3.63, 3.8) is 0 Å². The second kappa shape index (κ2) is 6.35. The maximum absolute atomic E-state index is 12.5. The first-order valence-electron chi connectivity index (χ1n) is 6.75. The van der Waals surface area contributed by atoms with Gasteiger partial charge in [-0.05, 0) is 43.4 Å². The van der Waals surface area contributed by atoms with Gasteiger partial charge in [-0.3, -0.25) is 0 Å². The monoisotopic (exact) mass is 288 g/mol. The SMILES string of the molecule is Nc1cc(C(F)(F)F)ccc1NCCCOCC1CC1. The van der Waals surface area contributed by atoms with Gasteiger partial charge in [0.15, 0.2) is 0 Å². The molecule has 0 spiro atoms. The Balaban J connectivity index is 1.72. The van der Waals surface area contributed by atoms with Crippen molar-refractivity contribution in [2.24, 2.45) is 5.92 Å². The fraction of sp³-hybridized carbons (Fsp3) is 0.571. The average molecular weight is 288 g/mol. The fourth-order valence-corrected chi connectivity index (χ4v) is 1.83. The molecular weight excluding hydrogens is 269 g/mol. The van der Waals surface area contributed by atoms with Crippen LogP contribution < -0.4 is 11.1 Å². The Morgan fingerprint density at radius 3 is 2.65 bits per heavy atom. The molecule has 0 atom stereocenters. The molecule has 6 heteroatoms. The number of ether oxygens (including phenoxy) is 1. The lowest BCUT2D eigenvalue weighted by molar-refractivity contribution is -0.137. The summed E-state index contributed by atoms with van der Waals surface area (Å²) in [5.41, 5.74) is 5.52. The second-order valence-corrected chi connectivity index (χ2v) is 5.10. The lowest BCUT2D eigenvalue weighted by Crippen LogP contribution is -2.10. The van der Waals surface area contributed by atoms with Gasteiger partial charge in [0.2, 0.25) is 0 Å². The van der Waals surface area contributed by atoms with E-state index in [9.17, 15) is 13.2 Å². The second-order valence-electron chi connectivity index (χ2n) is 5.10. The molecule has 3 N–H and O–H groups in total. The minimum absolute atomic E-state index is 0.110. The Labute approximate surface area is 116 Å². The van der Waals surface area contributed by atoms with E-state index in [2.05, 4.69) is 5.32 Å². The minimum atomic E-state index is -4.36. The number of nitrogens with two attached hydrogens (primary N) is 1. The third-order valence-corrected chi connectivity index (χ3v) is 3.21. The Morgan fingerprint density at radius 1 is 1.30 bits per heavy atom. The van der Waals surface area contributed by atoms with Gasteiger partial charge in [0.05, 0.1) is 16.9 Å². The van der Waals surface area contributed by atoms with E-state index >= 15 is 0 Å². The van der Waals surface area contributed by atoms with E-state index < -0.39 is 11.7 Å². The van der Waals surface area contributed by atoms with Gasteiger partial charge in [0, 0.05) is 19.8 Å². The van der Waals surface area contributed by atoms with Gasteiger partial charge in [0.1, 0.15) is 0 Å². The lowest BCUT2D eigenvalue weighted by Gasteiger charge is -2.12. The van der Waals surface area contributed by atoms with Crippen LogP contribution in [0.4, 0.5) is 24.5 Å². The van der Waals surface area contributed by atoms with Gasteiger partial charge >= 0.3 is 6.18 Å². The van der Waals surface area contributed by atoms with Gasteiger partial charge in [0.25, 0.3) is 0 Å². The zero-order valence-corrected chi connectivity index (χ0v) is 11.2. The number of alkyl halides is 3. The molecule has 0 saturated heterocycles. The molecule has 0 heterocycles. The summed E-state index contributed by atoms with van der Waals surface area (Å²) in [5.74, 6) is 0.744. The predicted molar refractivity (Wildman–Crippen MR) is 72.5 cm³/mol. The molecule has 1 fully saturated rings. The molecule has 0 unspecified atom stereocenters. The number of nitrogen functional groups attached to an aromatic ring is 1. The molecule has 0 aliphatic heterocycles. The normalized spacial score (nSPS) is 15.3. The molecular formula is C14H19F3N2O. The van der Waals surface area contributed by atoms with Crippen molar-refractivity contribution >= 4 is 11.4 Å². The van der Waals surface area contributed by atoms with Crippen LogP contribution in [0.15, 0.2) is 18.2 Å². The van der Waals surface area contributed by atoms with E-state index in [0.29, 0.717) is 18.8 Å². The smallest absolute Gasteiger partial charge is 0.397 e. The standard InChI is InChI=1S/C14H19F3N2O/c15-14(16,17)11-4-5-13(12(18)8-11)19-6-1-7-20-9-10-2-3-10/h4-5,8,10,19H,1-3,6-7,9,18H2. The first-order chi connectivity index (χ1) is 9.47. The molecule has 20 heavy (non-hydrogen) atoms. The van der Waals surface area contributed by atoms with Crippen LogP contribution in [0, 0.1) is 5.92 Å². The maximum Gasteiger partial charge on any atom is 0.416 e. The zero-order chi connectivity index (χ0) is 14.6. The van der Waals surface area contributed by atoms with Crippen LogP contribution in [0.5, 0.6) is 0 Å². The van der Waals surface area contributed by atoms with E-state index in [-0.39, 0.29) is 5.69 Å². The third kappa shape index (κ3) is 4.59. The van der Waals surface area contributed by atoms with Crippen molar-refractivity contribution in [2.75, 3.05) is 30.8 Å². The first kappa shape index (κ1) is 15.0. The average Bonchev–Trinajstić information content (AvgIpc) is 3.18. The molecule has 1 aliphatic rings. The lowest BCUT2D eigenvalue weighted by atomic mass is 10.1. The fourth-order valence-electron chi connectivity index (χ4n) is 1.83. The summed E-state index contributed by atoms with van der Waals surface area (Å²) in [5, 5.41) is 3.02. The zero-order valence-electron chi connectivity index (χ0n) is 11.2. The quantitative estimate of drug-likeness (QED) is 0.596. The van der Waals surface area contributed by atoms with Crippen molar-refractivity contribution in [2.45, 2.75) is 25.4 Å². The van der Waals surface area contributed by atoms with E-state index in [1.54, 1.807) is 0 Å². The number of nitrogens with one attached hydrogen (secondary N) is 1. The maximum atomic E-state index is 12.5. The number of anilines is 2. The summed E-state index contributed by atoms with van der Waals surface area (Å²) in [6, 6.07) is 3.34. The molecule has 0 aromatic heterocycles. The van der Waals surface area contributed by atoms with Crippen LogP contribution in [0.2, 0.25) is 0 Å². The largest absolute Gasteiger partial charge is 0.416 e. The Kier molecular flexibility index (Phi) is 4.75. The van der Waals surface area contributed by atoms with Gasteiger partial charge in [-0.2, -0.15) is 13.2 Å². The summed E-state index contributed by atoms with van der Waals surface area (Å²) < 4.78 is 42.9. The molecule has 1 saturated carbocycles. The van der Waals surface area contributed by atoms with Crippen molar-refractivity contribution < 1.29 is 17.9 Å². The summed E-state index contributed by atoms with van der Waals surface area (Å²) >= 11 is 0. The van der Waals surface area contributed by atoms with E-state index in [0.717, 1.165) is 31.1 Å². The molecule has 0 amide bonds. The first-order valence-corrected chi connectivity index (χ1v) is 6.75. The minimum Gasteiger partial charge on any atom is -0.397 e. The van der Waals surface area contributed by atoms with Crippen molar-refractivity contribution in [1.82, 2.24) is 0 Å². The van der Waals surface area contributed by atoms with Crippen molar-refractivity contribution in [3.05, 3.63) is 23.8 Å². The van der Waals surface area contributed by atoms with Crippen LogP contribution in [-0.2, 0) is 10.9 Å². The van der Waals surface area contributed by atoms with Crippen molar-refractivity contribution in [3.8, 4) is 0 Å². The van der Waals surface area contributed by atoms with Crippen LogP contribution in [0.25, 0.3) is 0 Å². The number of benzene rings is 1. The molecule has 1 aliphatic carbocycles. The van der Waals surface area contributed by atoms with Crippen molar-refractivity contribution in [1.29, 1.82) is 0 Å². The third-order valence-electron chi connectivity index (χ3n) is 3.21. The molecule has 1 aromatic rings. The van der Waals surface area contributed by atoms with Gasteiger partial charge in [-0.25, -0.2) is 0 Å². The van der Waals surface area contributed by atoms with Crippen LogP contribution in [-0.4, -0.2) is 19.8 Å². The summed E-state index contributed by atoms with van der Waals surface area (Å²) in [6.45, 7) is 2.10. The van der Waals surface area contributed by atoms with E-state index in [4.69, 9.17) is 10.5 Å². The van der Waals surface area contributed by atoms with Crippen LogP contribution in [0.1, 0.15) is 24.8 Å².